The fourth-order valence-electron chi connectivity index (χ4n) is 2.23. The van der Waals surface area contributed by atoms with E-state index in [4.69, 9.17) is 27.6 Å². The molecule has 0 spiro atoms. The normalized spacial score (nSPS) is 17.7. The van der Waals surface area contributed by atoms with Crippen LogP contribution >= 0.6 is 35.0 Å². The summed E-state index contributed by atoms with van der Waals surface area (Å²) in [6, 6.07) is 5.81. The van der Waals surface area contributed by atoms with E-state index in [1.54, 1.807) is 0 Å². The molecule has 21 heavy (non-hydrogen) atoms. The van der Waals surface area contributed by atoms with Crippen LogP contribution in [0.5, 0.6) is 0 Å². The molecule has 2 aromatic rings. The first-order valence-corrected chi connectivity index (χ1v) is 8.20. The molecule has 0 saturated carbocycles. The molecule has 0 amide bonds. The fourth-order valence-corrected chi connectivity index (χ4v) is 3.74. The van der Waals surface area contributed by atoms with Gasteiger partial charge in [0.15, 0.2) is 6.04 Å². The number of thioether (sulfide) groups is 1. The summed E-state index contributed by atoms with van der Waals surface area (Å²) < 4.78 is 5.69. The summed E-state index contributed by atoms with van der Waals surface area (Å²) in [5, 5.41) is 12.3. The maximum Gasteiger partial charge on any atom is 0.277 e. The Hall–Kier alpha value is -0.460. The molecular formula is C13H14Cl3N3OS. The zero-order chi connectivity index (χ0) is 13.9. The number of halogens is 3. The van der Waals surface area contributed by atoms with Gasteiger partial charge in [-0.15, -0.1) is 10.2 Å². The van der Waals surface area contributed by atoms with Crippen molar-refractivity contribution in [1.29, 1.82) is 0 Å². The van der Waals surface area contributed by atoms with Gasteiger partial charge in [0.2, 0.25) is 0 Å². The lowest BCUT2D eigenvalue weighted by atomic mass is 10.2. The van der Waals surface area contributed by atoms with Crippen LogP contribution in [0.25, 0.3) is 0 Å². The summed E-state index contributed by atoms with van der Waals surface area (Å²) in [5.74, 6) is 1.34. The largest absolute Gasteiger partial charge is 1.00 e. The van der Waals surface area contributed by atoms with E-state index in [1.165, 1.54) is 18.2 Å². The standard InChI is InChI=1S/C13H13Cl2N3OS.ClH/c14-9-3-1-4-10(15)8(9)7-20-13-18-17-12(19-13)11-5-2-6-16-11;/h1,3-4,11,16H,2,5-7H2;1H/t11-;/m0./s1. The summed E-state index contributed by atoms with van der Waals surface area (Å²) in [7, 11) is 0. The fraction of sp³-hybridized carbons (Fsp3) is 0.385. The number of rotatable bonds is 4. The van der Waals surface area contributed by atoms with Gasteiger partial charge in [-0.25, -0.2) is 0 Å². The van der Waals surface area contributed by atoms with Crippen LogP contribution in [0.3, 0.4) is 0 Å². The molecule has 0 bridgehead atoms. The second-order valence-electron chi connectivity index (χ2n) is 4.67. The van der Waals surface area contributed by atoms with Gasteiger partial charge in [-0.2, -0.15) is 0 Å². The number of nitrogens with two attached hydrogens (primary N) is 1. The molecule has 2 N–H and O–H groups in total. The van der Waals surface area contributed by atoms with E-state index in [9.17, 15) is 0 Å². The minimum absolute atomic E-state index is 0. The highest BCUT2D eigenvalue weighted by Gasteiger charge is 2.26. The van der Waals surface area contributed by atoms with E-state index in [-0.39, 0.29) is 12.4 Å². The Morgan fingerprint density at radius 3 is 2.71 bits per heavy atom. The summed E-state index contributed by atoms with van der Waals surface area (Å²) in [4.78, 5) is 0. The highest BCUT2D eigenvalue weighted by atomic mass is 35.5. The molecule has 3 rings (SSSR count). The van der Waals surface area contributed by atoms with E-state index in [2.05, 4.69) is 15.5 Å². The third kappa shape index (κ3) is 4.05. The van der Waals surface area contributed by atoms with Crippen LogP contribution in [0.1, 0.15) is 30.3 Å². The first kappa shape index (κ1) is 16.9. The molecule has 4 nitrogen and oxygen atoms in total. The highest BCUT2D eigenvalue weighted by Crippen LogP contribution is 2.31. The molecule has 0 radical (unpaired) electrons. The summed E-state index contributed by atoms with van der Waals surface area (Å²) in [5.41, 5.74) is 0.896. The third-order valence-electron chi connectivity index (χ3n) is 3.31. The average molecular weight is 367 g/mol. The van der Waals surface area contributed by atoms with Gasteiger partial charge in [-0.3, -0.25) is 0 Å². The Labute approximate surface area is 143 Å². The molecule has 1 fully saturated rings. The number of hydrogen-bond acceptors (Lipinski definition) is 4. The van der Waals surface area contributed by atoms with Gasteiger partial charge in [0.25, 0.3) is 11.1 Å². The van der Waals surface area contributed by atoms with E-state index >= 15 is 0 Å². The molecule has 8 heteroatoms. The Morgan fingerprint density at radius 2 is 2.05 bits per heavy atom. The maximum atomic E-state index is 6.14. The topological polar surface area (TPSA) is 55.5 Å². The molecule has 0 unspecified atom stereocenters. The lowest BCUT2D eigenvalue weighted by molar-refractivity contribution is -0.678. The van der Waals surface area contributed by atoms with Crippen LogP contribution in [0.4, 0.5) is 0 Å². The number of benzene rings is 1. The molecule has 1 aliphatic rings. The van der Waals surface area contributed by atoms with Crippen LogP contribution in [-0.2, 0) is 5.75 Å². The van der Waals surface area contributed by atoms with Crippen molar-refractivity contribution >= 4 is 35.0 Å². The molecule has 2 heterocycles. The van der Waals surface area contributed by atoms with E-state index in [0.717, 1.165) is 24.4 Å². The molecule has 1 atom stereocenters. The summed E-state index contributed by atoms with van der Waals surface area (Å²) in [6.07, 6.45) is 2.30. The molecule has 114 valence electrons. The second-order valence-corrected chi connectivity index (χ2v) is 6.41. The van der Waals surface area contributed by atoms with Gasteiger partial charge in [-0.1, -0.05) is 41.0 Å². The lowest BCUT2D eigenvalue weighted by Gasteiger charge is -2.04. The van der Waals surface area contributed by atoms with Crippen molar-refractivity contribution in [1.82, 2.24) is 10.2 Å². The Bertz CT molecular complexity index is 582. The van der Waals surface area contributed by atoms with Crippen LogP contribution < -0.4 is 17.7 Å². The molecular weight excluding hydrogens is 353 g/mol. The Balaban J connectivity index is 0.00000161. The van der Waals surface area contributed by atoms with Crippen molar-refractivity contribution in [3.63, 3.8) is 0 Å². The van der Waals surface area contributed by atoms with Crippen molar-refractivity contribution in [2.24, 2.45) is 0 Å². The average Bonchev–Trinajstić information content (AvgIpc) is 3.09. The molecule has 1 saturated heterocycles. The van der Waals surface area contributed by atoms with Crippen molar-refractivity contribution in [2.75, 3.05) is 6.54 Å². The predicted molar refractivity (Wildman–Crippen MR) is 79.1 cm³/mol. The van der Waals surface area contributed by atoms with E-state index < -0.39 is 0 Å². The van der Waals surface area contributed by atoms with Gasteiger partial charge in [0.05, 0.1) is 6.54 Å². The predicted octanol–water partition coefficient (Wildman–Crippen LogP) is 0.0710. The molecule has 1 aliphatic heterocycles. The van der Waals surface area contributed by atoms with Crippen molar-refractivity contribution in [3.05, 3.63) is 39.7 Å². The molecule has 1 aromatic carbocycles. The minimum atomic E-state index is 0. The van der Waals surface area contributed by atoms with Gasteiger partial charge in [0.1, 0.15) is 0 Å². The smallest absolute Gasteiger partial charge is 0.277 e. The summed E-state index contributed by atoms with van der Waals surface area (Å²) >= 11 is 13.7. The minimum Gasteiger partial charge on any atom is -1.00 e. The Kier molecular flexibility index (Phi) is 6.20. The van der Waals surface area contributed by atoms with Crippen molar-refractivity contribution in [2.45, 2.75) is 29.9 Å². The zero-order valence-electron chi connectivity index (χ0n) is 11.1. The second kappa shape index (κ2) is 7.70. The lowest BCUT2D eigenvalue weighted by Crippen LogP contribution is -3.00. The number of hydrogen-bond donors (Lipinski definition) is 1. The van der Waals surface area contributed by atoms with Crippen molar-refractivity contribution < 1.29 is 22.1 Å². The van der Waals surface area contributed by atoms with Gasteiger partial charge in [0, 0.05) is 28.6 Å². The highest BCUT2D eigenvalue weighted by molar-refractivity contribution is 7.98. The van der Waals surface area contributed by atoms with Gasteiger partial charge in [-0.05, 0) is 17.7 Å². The monoisotopic (exact) mass is 365 g/mol. The molecule has 0 aliphatic carbocycles. The van der Waals surface area contributed by atoms with E-state index in [0.29, 0.717) is 27.1 Å². The number of aromatic nitrogens is 2. The maximum absolute atomic E-state index is 6.14. The van der Waals surface area contributed by atoms with Crippen molar-refractivity contribution in [3.8, 4) is 0 Å². The first-order valence-electron chi connectivity index (χ1n) is 6.46. The number of nitrogens with zero attached hydrogens (tertiary/aromatic N) is 2. The van der Waals surface area contributed by atoms with Crippen LogP contribution in [0.15, 0.2) is 27.8 Å². The van der Waals surface area contributed by atoms with Crippen LogP contribution in [-0.4, -0.2) is 16.7 Å². The first-order chi connectivity index (χ1) is 9.74. The quantitative estimate of drug-likeness (QED) is 0.778. The summed E-state index contributed by atoms with van der Waals surface area (Å²) in [6.45, 7) is 1.13. The third-order valence-corrected chi connectivity index (χ3v) is 4.86. The van der Waals surface area contributed by atoms with Crippen LogP contribution in [0, 0.1) is 0 Å². The number of quaternary nitrogens is 1. The van der Waals surface area contributed by atoms with E-state index in [1.807, 2.05) is 18.2 Å². The molecule has 1 aromatic heterocycles. The van der Waals surface area contributed by atoms with Gasteiger partial charge >= 0.3 is 0 Å². The van der Waals surface area contributed by atoms with Crippen LogP contribution in [0.2, 0.25) is 10.0 Å². The Morgan fingerprint density at radius 1 is 1.29 bits per heavy atom. The van der Waals surface area contributed by atoms with Gasteiger partial charge < -0.3 is 22.1 Å². The zero-order valence-corrected chi connectivity index (χ0v) is 14.1. The SMILES string of the molecule is Clc1cccc(Cl)c1CSc1nnc([C@@H]2CCC[NH2+]2)o1.[Cl-].